The summed E-state index contributed by atoms with van der Waals surface area (Å²) in [6.07, 6.45) is 0. The largest absolute Gasteiger partial charge is 0.496 e. The highest BCUT2D eigenvalue weighted by Crippen LogP contribution is 2.36. The standard InChI is InChI=1S/C12H17NOS/c1-9-3-4-11(14-2)10(7-9)12-8-13-5-6-15-12/h3-4,7,12-13H,5-6,8H2,1-2H3. The maximum absolute atomic E-state index is 5.41. The molecule has 1 unspecified atom stereocenters. The van der Waals surface area contributed by atoms with E-state index in [1.807, 2.05) is 11.8 Å². The Morgan fingerprint density at radius 2 is 2.33 bits per heavy atom. The molecule has 1 atom stereocenters. The molecule has 82 valence electrons. The van der Waals surface area contributed by atoms with Gasteiger partial charge in [0, 0.05) is 29.7 Å². The van der Waals surface area contributed by atoms with Gasteiger partial charge < -0.3 is 10.1 Å². The van der Waals surface area contributed by atoms with Gasteiger partial charge in [-0.1, -0.05) is 17.7 Å². The highest BCUT2D eigenvalue weighted by atomic mass is 32.2. The van der Waals surface area contributed by atoms with Gasteiger partial charge in [0.1, 0.15) is 5.75 Å². The molecule has 0 radical (unpaired) electrons. The third-order valence-corrected chi connectivity index (χ3v) is 3.92. The molecule has 1 heterocycles. The zero-order valence-corrected chi connectivity index (χ0v) is 10.1. The number of methoxy groups -OCH3 is 1. The Hall–Kier alpha value is -0.670. The molecule has 3 heteroatoms. The van der Waals surface area contributed by atoms with Crippen LogP contribution in [0.4, 0.5) is 0 Å². The molecule has 1 saturated heterocycles. The molecule has 0 aromatic heterocycles. The second kappa shape index (κ2) is 4.90. The Morgan fingerprint density at radius 1 is 1.47 bits per heavy atom. The summed E-state index contributed by atoms with van der Waals surface area (Å²) in [6, 6.07) is 6.41. The Balaban J connectivity index is 2.27. The molecule has 0 spiro atoms. The molecular formula is C12H17NOS. The first-order valence-electron chi connectivity index (χ1n) is 5.28. The lowest BCUT2D eigenvalue weighted by atomic mass is 10.1. The lowest BCUT2D eigenvalue weighted by molar-refractivity contribution is 0.408. The molecule has 0 bridgehead atoms. The van der Waals surface area contributed by atoms with E-state index >= 15 is 0 Å². The fourth-order valence-corrected chi connectivity index (χ4v) is 3.02. The van der Waals surface area contributed by atoms with Crippen LogP contribution in [0.25, 0.3) is 0 Å². The Bertz CT molecular complexity index is 334. The Kier molecular flexibility index (Phi) is 3.54. The van der Waals surface area contributed by atoms with Crippen LogP contribution in [0.2, 0.25) is 0 Å². The molecule has 1 N–H and O–H groups in total. The Labute approximate surface area is 95.4 Å². The van der Waals surface area contributed by atoms with Crippen molar-refractivity contribution in [1.82, 2.24) is 5.32 Å². The summed E-state index contributed by atoms with van der Waals surface area (Å²) in [5.74, 6) is 2.20. The van der Waals surface area contributed by atoms with Crippen molar-refractivity contribution in [2.24, 2.45) is 0 Å². The average Bonchev–Trinajstić information content (AvgIpc) is 2.30. The van der Waals surface area contributed by atoms with E-state index in [4.69, 9.17) is 4.74 Å². The van der Waals surface area contributed by atoms with Crippen LogP contribution in [0.15, 0.2) is 18.2 Å². The number of ether oxygens (including phenoxy) is 1. The number of hydrogen-bond acceptors (Lipinski definition) is 3. The van der Waals surface area contributed by atoms with Gasteiger partial charge in [-0.05, 0) is 13.0 Å². The lowest BCUT2D eigenvalue weighted by Gasteiger charge is -2.24. The number of benzene rings is 1. The van der Waals surface area contributed by atoms with Crippen LogP contribution < -0.4 is 10.1 Å². The number of thioether (sulfide) groups is 1. The van der Waals surface area contributed by atoms with Gasteiger partial charge in [0.05, 0.1) is 7.11 Å². The second-order valence-corrected chi connectivity index (χ2v) is 5.12. The predicted octanol–water partition coefficient (Wildman–Crippen LogP) is 2.38. The first-order chi connectivity index (χ1) is 7.31. The molecule has 15 heavy (non-hydrogen) atoms. The molecular weight excluding hydrogens is 206 g/mol. The zero-order valence-electron chi connectivity index (χ0n) is 9.25. The molecule has 2 nitrogen and oxygen atoms in total. The van der Waals surface area contributed by atoms with E-state index < -0.39 is 0 Å². The van der Waals surface area contributed by atoms with Gasteiger partial charge in [-0.25, -0.2) is 0 Å². The highest BCUT2D eigenvalue weighted by Gasteiger charge is 2.19. The molecule has 0 amide bonds. The smallest absolute Gasteiger partial charge is 0.123 e. The summed E-state index contributed by atoms with van der Waals surface area (Å²) < 4.78 is 5.41. The fourth-order valence-electron chi connectivity index (χ4n) is 1.87. The summed E-state index contributed by atoms with van der Waals surface area (Å²) in [4.78, 5) is 0. The maximum Gasteiger partial charge on any atom is 0.123 e. The quantitative estimate of drug-likeness (QED) is 0.832. The van der Waals surface area contributed by atoms with E-state index in [1.54, 1.807) is 7.11 Å². The van der Waals surface area contributed by atoms with Gasteiger partial charge in [-0.15, -0.1) is 0 Å². The molecule has 1 fully saturated rings. The van der Waals surface area contributed by atoms with E-state index in [9.17, 15) is 0 Å². The fraction of sp³-hybridized carbons (Fsp3) is 0.500. The average molecular weight is 223 g/mol. The molecule has 1 aromatic carbocycles. The van der Waals surface area contributed by atoms with Crippen LogP contribution in [-0.2, 0) is 0 Å². The van der Waals surface area contributed by atoms with Crippen molar-refractivity contribution in [2.45, 2.75) is 12.2 Å². The van der Waals surface area contributed by atoms with Crippen LogP contribution in [0, 0.1) is 6.92 Å². The molecule has 2 rings (SSSR count). The van der Waals surface area contributed by atoms with E-state index in [1.165, 1.54) is 16.9 Å². The van der Waals surface area contributed by atoms with Gasteiger partial charge in [-0.3, -0.25) is 0 Å². The lowest BCUT2D eigenvalue weighted by Crippen LogP contribution is -2.28. The maximum atomic E-state index is 5.41. The summed E-state index contributed by atoms with van der Waals surface area (Å²) in [5, 5.41) is 3.96. The van der Waals surface area contributed by atoms with E-state index in [2.05, 4.69) is 30.4 Å². The van der Waals surface area contributed by atoms with Crippen LogP contribution >= 0.6 is 11.8 Å². The van der Waals surface area contributed by atoms with Gasteiger partial charge in [0.25, 0.3) is 0 Å². The van der Waals surface area contributed by atoms with Crippen LogP contribution in [-0.4, -0.2) is 26.0 Å². The molecule has 0 saturated carbocycles. The number of hydrogen-bond donors (Lipinski definition) is 1. The zero-order chi connectivity index (χ0) is 10.7. The summed E-state index contributed by atoms with van der Waals surface area (Å²) in [6.45, 7) is 4.30. The van der Waals surface area contributed by atoms with Crippen molar-refractivity contribution in [3.05, 3.63) is 29.3 Å². The van der Waals surface area contributed by atoms with E-state index in [0.717, 1.165) is 18.8 Å². The van der Waals surface area contributed by atoms with Crippen LogP contribution in [0.3, 0.4) is 0 Å². The SMILES string of the molecule is COc1ccc(C)cc1C1CNCCS1. The van der Waals surface area contributed by atoms with Crippen LogP contribution in [0.5, 0.6) is 5.75 Å². The monoisotopic (exact) mass is 223 g/mol. The number of aryl methyl sites for hydroxylation is 1. The predicted molar refractivity (Wildman–Crippen MR) is 65.8 cm³/mol. The van der Waals surface area contributed by atoms with Gasteiger partial charge in [0.2, 0.25) is 0 Å². The van der Waals surface area contributed by atoms with Crippen molar-refractivity contribution in [3.8, 4) is 5.75 Å². The normalized spacial score (nSPS) is 21.3. The molecule has 0 aliphatic carbocycles. The van der Waals surface area contributed by atoms with E-state index in [0.29, 0.717) is 5.25 Å². The third-order valence-electron chi connectivity index (χ3n) is 2.66. The summed E-state index contributed by atoms with van der Waals surface area (Å²) >= 11 is 2.01. The molecule has 1 aromatic rings. The highest BCUT2D eigenvalue weighted by molar-refractivity contribution is 7.99. The minimum absolute atomic E-state index is 0.536. The van der Waals surface area contributed by atoms with Crippen molar-refractivity contribution < 1.29 is 4.74 Å². The van der Waals surface area contributed by atoms with Gasteiger partial charge in [0.15, 0.2) is 0 Å². The molecule has 1 aliphatic rings. The summed E-state index contributed by atoms with van der Waals surface area (Å²) in [7, 11) is 1.75. The van der Waals surface area contributed by atoms with Crippen molar-refractivity contribution in [3.63, 3.8) is 0 Å². The van der Waals surface area contributed by atoms with Gasteiger partial charge in [-0.2, -0.15) is 11.8 Å². The van der Waals surface area contributed by atoms with Crippen molar-refractivity contribution >= 4 is 11.8 Å². The first kappa shape index (κ1) is 10.8. The summed E-state index contributed by atoms with van der Waals surface area (Å²) in [5.41, 5.74) is 2.63. The van der Waals surface area contributed by atoms with Crippen molar-refractivity contribution in [1.29, 1.82) is 0 Å². The number of rotatable bonds is 2. The van der Waals surface area contributed by atoms with E-state index in [-0.39, 0.29) is 0 Å². The minimum Gasteiger partial charge on any atom is -0.496 e. The molecule has 1 aliphatic heterocycles. The third kappa shape index (κ3) is 2.47. The minimum atomic E-state index is 0.536. The second-order valence-electron chi connectivity index (χ2n) is 3.81. The number of nitrogens with one attached hydrogen (secondary N) is 1. The van der Waals surface area contributed by atoms with Crippen molar-refractivity contribution in [2.75, 3.05) is 26.0 Å². The Morgan fingerprint density at radius 3 is 3.00 bits per heavy atom. The van der Waals surface area contributed by atoms with Crippen LogP contribution in [0.1, 0.15) is 16.4 Å². The first-order valence-corrected chi connectivity index (χ1v) is 6.33. The van der Waals surface area contributed by atoms with Gasteiger partial charge >= 0.3 is 0 Å². The topological polar surface area (TPSA) is 21.3 Å².